The van der Waals surface area contributed by atoms with Crippen LogP contribution in [0.3, 0.4) is 0 Å². The third-order valence-electron chi connectivity index (χ3n) is 5.62. The van der Waals surface area contributed by atoms with E-state index < -0.39 is 0 Å². The van der Waals surface area contributed by atoms with Crippen LogP contribution in [0.4, 0.5) is 0 Å². The molecule has 0 radical (unpaired) electrons. The largest absolute Gasteiger partial charge is 0.494 e. The molecule has 0 spiro atoms. The van der Waals surface area contributed by atoms with Gasteiger partial charge in [-0.15, -0.1) is 0 Å². The molecule has 1 N–H and O–H groups in total. The monoisotopic (exact) mass is 362 g/mol. The maximum Gasteiger partial charge on any atom is 0.124 e. The summed E-state index contributed by atoms with van der Waals surface area (Å²) in [5.74, 6) is 2.06. The number of piperidine rings is 1. The first kappa shape index (κ1) is 19.5. The zero-order valence-electron chi connectivity index (χ0n) is 16.5. The van der Waals surface area contributed by atoms with Gasteiger partial charge in [0.2, 0.25) is 0 Å². The minimum absolute atomic E-state index is 0.264. The molecule has 5 nitrogen and oxygen atoms in total. The van der Waals surface area contributed by atoms with E-state index in [1.165, 1.54) is 24.0 Å². The minimum Gasteiger partial charge on any atom is -0.494 e. The van der Waals surface area contributed by atoms with E-state index in [9.17, 15) is 0 Å². The standard InChI is InChI=1S/C21H34N2O3/c1-4-25-20-13-17-12-16(2)26-21(17)14-18(20)15-23-9-6-19(7-10-23)22(3)8-5-11-24/h13-14,16,19,24H,4-12,15H2,1-3H3. The van der Waals surface area contributed by atoms with Gasteiger partial charge in [0.1, 0.15) is 17.6 Å². The van der Waals surface area contributed by atoms with Crippen LogP contribution in [0.1, 0.15) is 44.2 Å². The van der Waals surface area contributed by atoms with Gasteiger partial charge >= 0.3 is 0 Å². The van der Waals surface area contributed by atoms with E-state index in [0.29, 0.717) is 12.6 Å². The van der Waals surface area contributed by atoms with Crippen molar-refractivity contribution in [3.8, 4) is 11.5 Å². The van der Waals surface area contributed by atoms with Gasteiger partial charge in [-0.2, -0.15) is 0 Å². The van der Waals surface area contributed by atoms with Crippen LogP contribution in [0.25, 0.3) is 0 Å². The van der Waals surface area contributed by atoms with Crippen molar-refractivity contribution in [2.24, 2.45) is 0 Å². The number of rotatable bonds is 8. The van der Waals surface area contributed by atoms with Crippen molar-refractivity contribution in [2.75, 3.05) is 39.9 Å². The van der Waals surface area contributed by atoms with Crippen LogP contribution in [0.15, 0.2) is 12.1 Å². The van der Waals surface area contributed by atoms with Gasteiger partial charge < -0.3 is 19.5 Å². The summed E-state index contributed by atoms with van der Waals surface area (Å²) in [5, 5.41) is 9.02. The summed E-state index contributed by atoms with van der Waals surface area (Å²) in [5.41, 5.74) is 2.51. The Morgan fingerprint density at radius 1 is 1.31 bits per heavy atom. The number of ether oxygens (including phenoxy) is 2. The predicted molar refractivity (Wildman–Crippen MR) is 104 cm³/mol. The molecule has 146 valence electrons. The Balaban J connectivity index is 1.60. The molecule has 1 unspecified atom stereocenters. The first-order valence-corrected chi connectivity index (χ1v) is 10.1. The summed E-state index contributed by atoms with van der Waals surface area (Å²) < 4.78 is 11.9. The van der Waals surface area contributed by atoms with E-state index >= 15 is 0 Å². The Morgan fingerprint density at radius 2 is 2.08 bits per heavy atom. The highest BCUT2D eigenvalue weighted by Gasteiger charge is 2.25. The minimum atomic E-state index is 0.264. The summed E-state index contributed by atoms with van der Waals surface area (Å²) in [7, 11) is 2.18. The van der Waals surface area contributed by atoms with Crippen LogP contribution < -0.4 is 9.47 Å². The normalized spacial score (nSPS) is 21.0. The fourth-order valence-corrected chi connectivity index (χ4v) is 4.16. The lowest BCUT2D eigenvalue weighted by atomic mass is 10.0. The van der Waals surface area contributed by atoms with E-state index in [0.717, 1.165) is 50.5 Å². The fraction of sp³-hybridized carbons (Fsp3) is 0.714. The van der Waals surface area contributed by atoms with Crippen molar-refractivity contribution in [3.63, 3.8) is 0 Å². The molecule has 1 fully saturated rings. The van der Waals surface area contributed by atoms with E-state index in [2.05, 4.69) is 35.9 Å². The average molecular weight is 363 g/mol. The van der Waals surface area contributed by atoms with Crippen molar-refractivity contribution in [2.45, 2.75) is 58.2 Å². The second-order valence-corrected chi connectivity index (χ2v) is 7.70. The molecule has 1 aromatic rings. The summed E-state index contributed by atoms with van der Waals surface area (Å²) >= 11 is 0. The molecule has 26 heavy (non-hydrogen) atoms. The third kappa shape index (κ3) is 4.70. The highest BCUT2D eigenvalue weighted by Crippen LogP contribution is 2.36. The van der Waals surface area contributed by atoms with Crippen molar-refractivity contribution in [1.82, 2.24) is 9.80 Å². The van der Waals surface area contributed by atoms with Gasteiger partial charge in [-0.05, 0) is 65.4 Å². The smallest absolute Gasteiger partial charge is 0.124 e. The van der Waals surface area contributed by atoms with Crippen LogP contribution in [-0.2, 0) is 13.0 Å². The molecule has 1 aromatic carbocycles. The number of hydrogen-bond acceptors (Lipinski definition) is 5. The number of nitrogens with zero attached hydrogens (tertiary/aromatic N) is 2. The van der Waals surface area contributed by atoms with Crippen molar-refractivity contribution < 1.29 is 14.6 Å². The van der Waals surface area contributed by atoms with Gasteiger partial charge in [-0.25, -0.2) is 0 Å². The molecule has 0 aromatic heterocycles. The molecule has 3 rings (SSSR count). The summed E-state index contributed by atoms with van der Waals surface area (Å²) in [6.07, 6.45) is 4.47. The Morgan fingerprint density at radius 3 is 2.77 bits per heavy atom. The molecule has 1 atom stereocenters. The summed E-state index contributed by atoms with van der Waals surface area (Å²) in [6, 6.07) is 5.02. The molecule has 2 aliphatic heterocycles. The van der Waals surface area contributed by atoms with Crippen LogP contribution >= 0.6 is 0 Å². The molecule has 0 aliphatic carbocycles. The summed E-state index contributed by atoms with van der Waals surface area (Å²) in [6.45, 7) is 9.26. The zero-order valence-corrected chi connectivity index (χ0v) is 16.5. The molecule has 0 saturated carbocycles. The van der Waals surface area contributed by atoms with Crippen LogP contribution in [0.5, 0.6) is 11.5 Å². The van der Waals surface area contributed by atoms with Gasteiger partial charge in [0.15, 0.2) is 0 Å². The first-order chi connectivity index (χ1) is 12.6. The van der Waals surface area contributed by atoms with Crippen LogP contribution in [0, 0.1) is 0 Å². The van der Waals surface area contributed by atoms with Gasteiger partial charge in [0.05, 0.1) is 6.61 Å². The predicted octanol–water partition coefficient (Wildman–Crippen LogP) is 2.69. The second-order valence-electron chi connectivity index (χ2n) is 7.70. The molecule has 2 aliphatic rings. The fourth-order valence-electron chi connectivity index (χ4n) is 4.16. The highest BCUT2D eigenvalue weighted by molar-refractivity contribution is 5.48. The number of aliphatic hydroxyl groups is 1. The number of likely N-dealkylation sites (tertiary alicyclic amines) is 1. The lowest BCUT2D eigenvalue weighted by Crippen LogP contribution is -2.43. The first-order valence-electron chi connectivity index (χ1n) is 10.1. The van der Waals surface area contributed by atoms with Gasteiger partial charge in [-0.1, -0.05) is 0 Å². The van der Waals surface area contributed by atoms with Crippen LogP contribution in [-0.4, -0.2) is 66.9 Å². The maximum atomic E-state index is 9.02. The number of aliphatic hydroxyl groups excluding tert-OH is 1. The van der Waals surface area contributed by atoms with E-state index in [1.54, 1.807) is 0 Å². The molecular weight excluding hydrogens is 328 g/mol. The molecule has 5 heteroatoms. The van der Waals surface area contributed by atoms with Gasteiger partial charge in [-0.3, -0.25) is 4.90 Å². The Labute approximate surface area is 157 Å². The molecule has 2 heterocycles. The van der Waals surface area contributed by atoms with Gasteiger partial charge in [0, 0.05) is 43.3 Å². The van der Waals surface area contributed by atoms with Crippen LogP contribution in [0.2, 0.25) is 0 Å². The van der Waals surface area contributed by atoms with E-state index in [1.807, 2.05) is 6.92 Å². The van der Waals surface area contributed by atoms with Gasteiger partial charge in [0.25, 0.3) is 0 Å². The average Bonchev–Trinajstić information content (AvgIpc) is 2.99. The number of fused-ring (bicyclic) bond motifs is 1. The second kappa shape index (κ2) is 9.07. The molecule has 1 saturated heterocycles. The molecular formula is C21H34N2O3. The topological polar surface area (TPSA) is 45.2 Å². The third-order valence-corrected chi connectivity index (χ3v) is 5.62. The highest BCUT2D eigenvalue weighted by atomic mass is 16.5. The maximum absolute atomic E-state index is 9.02. The lowest BCUT2D eigenvalue weighted by Gasteiger charge is -2.37. The Bertz CT molecular complexity index is 585. The van der Waals surface area contributed by atoms with Crippen molar-refractivity contribution in [1.29, 1.82) is 0 Å². The Hall–Kier alpha value is -1.30. The molecule has 0 amide bonds. The van der Waals surface area contributed by atoms with Crippen molar-refractivity contribution >= 4 is 0 Å². The number of benzene rings is 1. The quantitative estimate of drug-likeness (QED) is 0.770. The lowest BCUT2D eigenvalue weighted by molar-refractivity contribution is 0.116. The summed E-state index contributed by atoms with van der Waals surface area (Å²) in [4.78, 5) is 4.93. The SMILES string of the molecule is CCOc1cc2c(cc1CN1CCC(N(C)CCCO)CC1)OC(C)C2. The van der Waals surface area contributed by atoms with E-state index in [-0.39, 0.29) is 12.7 Å². The van der Waals surface area contributed by atoms with Crippen molar-refractivity contribution in [3.05, 3.63) is 23.3 Å². The zero-order chi connectivity index (χ0) is 18.5. The number of hydrogen-bond donors (Lipinski definition) is 1. The van der Waals surface area contributed by atoms with E-state index in [4.69, 9.17) is 14.6 Å². The Kier molecular flexibility index (Phi) is 6.79. The molecule has 0 bridgehead atoms.